The molecule has 102 valence electrons. The van der Waals surface area contributed by atoms with Gasteiger partial charge in [-0.05, 0) is 44.3 Å². The average Bonchev–Trinajstić information content (AvgIpc) is 2.98. The van der Waals surface area contributed by atoms with Crippen LogP contribution in [-0.2, 0) is 13.0 Å². The van der Waals surface area contributed by atoms with E-state index in [2.05, 4.69) is 35.5 Å². The van der Waals surface area contributed by atoms with Crippen molar-refractivity contribution in [3.05, 3.63) is 32.5 Å². The molecule has 1 aliphatic heterocycles. The smallest absolute Gasteiger partial charge is 0.186 e. The standard InChI is InChI=1S/C14H19N3S2/c1-9-13(8-15-3)19-14(16-9)17-6-4-12-11(10(17)2)5-7-18-12/h5,7,10,15H,4,6,8H2,1-3H3. The highest BCUT2D eigenvalue weighted by atomic mass is 32.1. The molecule has 0 saturated carbocycles. The monoisotopic (exact) mass is 293 g/mol. The van der Waals surface area contributed by atoms with Gasteiger partial charge in [-0.1, -0.05) is 0 Å². The van der Waals surface area contributed by atoms with Gasteiger partial charge < -0.3 is 10.2 Å². The Labute approximate surface area is 122 Å². The summed E-state index contributed by atoms with van der Waals surface area (Å²) in [5, 5.41) is 6.60. The molecule has 19 heavy (non-hydrogen) atoms. The SMILES string of the molecule is CNCc1sc(N2CCc3sccc3C2C)nc1C. The van der Waals surface area contributed by atoms with Crippen molar-refractivity contribution in [2.75, 3.05) is 18.5 Å². The molecule has 1 atom stereocenters. The van der Waals surface area contributed by atoms with Gasteiger partial charge in [0, 0.05) is 22.8 Å². The number of nitrogens with zero attached hydrogens (tertiary/aromatic N) is 2. The maximum atomic E-state index is 4.77. The van der Waals surface area contributed by atoms with Gasteiger partial charge in [-0.25, -0.2) is 4.98 Å². The number of aryl methyl sites for hydroxylation is 1. The molecule has 3 nitrogen and oxygen atoms in total. The zero-order valence-corrected chi connectivity index (χ0v) is 13.2. The van der Waals surface area contributed by atoms with E-state index in [9.17, 15) is 0 Å². The lowest BCUT2D eigenvalue weighted by Crippen LogP contribution is -2.32. The second kappa shape index (κ2) is 5.23. The molecule has 1 N–H and O–H groups in total. The molecule has 0 bridgehead atoms. The van der Waals surface area contributed by atoms with E-state index in [1.807, 2.05) is 29.7 Å². The largest absolute Gasteiger partial charge is 0.341 e. The first-order chi connectivity index (χ1) is 9.20. The van der Waals surface area contributed by atoms with Crippen LogP contribution in [0.25, 0.3) is 0 Å². The van der Waals surface area contributed by atoms with Crippen LogP contribution in [0, 0.1) is 6.92 Å². The van der Waals surface area contributed by atoms with Crippen LogP contribution in [0.1, 0.15) is 34.0 Å². The lowest BCUT2D eigenvalue weighted by molar-refractivity contribution is 0.630. The quantitative estimate of drug-likeness (QED) is 0.940. The molecule has 0 spiro atoms. The summed E-state index contributed by atoms with van der Waals surface area (Å²) in [6.45, 7) is 6.40. The Bertz CT molecular complexity index is 573. The number of aromatic nitrogens is 1. The predicted octanol–water partition coefficient (Wildman–Crippen LogP) is 3.36. The van der Waals surface area contributed by atoms with Gasteiger partial charge in [-0.3, -0.25) is 0 Å². The van der Waals surface area contributed by atoms with Gasteiger partial charge in [-0.2, -0.15) is 0 Å². The maximum Gasteiger partial charge on any atom is 0.186 e. The van der Waals surface area contributed by atoms with E-state index in [0.717, 1.165) is 25.2 Å². The highest BCUT2D eigenvalue weighted by Crippen LogP contribution is 2.38. The maximum absolute atomic E-state index is 4.77. The van der Waals surface area contributed by atoms with Gasteiger partial charge in [0.1, 0.15) is 0 Å². The van der Waals surface area contributed by atoms with Gasteiger partial charge in [0.25, 0.3) is 0 Å². The van der Waals surface area contributed by atoms with E-state index < -0.39 is 0 Å². The molecule has 0 fully saturated rings. The van der Waals surface area contributed by atoms with Crippen molar-refractivity contribution in [2.24, 2.45) is 0 Å². The number of rotatable bonds is 3. The summed E-state index contributed by atoms with van der Waals surface area (Å²) in [5.74, 6) is 0. The number of fused-ring (bicyclic) bond motifs is 1. The van der Waals surface area contributed by atoms with E-state index >= 15 is 0 Å². The molecular formula is C14H19N3S2. The van der Waals surface area contributed by atoms with E-state index in [1.54, 1.807) is 4.88 Å². The van der Waals surface area contributed by atoms with Crippen molar-refractivity contribution < 1.29 is 0 Å². The van der Waals surface area contributed by atoms with Crippen LogP contribution in [0.5, 0.6) is 0 Å². The molecular weight excluding hydrogens is 274 g/mol. The predicted molar refractivity (Wildman–Crippen MR) is 83.4 cm³/mol. The zero-order chi connectivity index (χ0) is 13.4. The summed E-state index contributed by atoms with van der Waals surface area (Å²) in [6, 6.07) is 2.72. The van der Waals surface area contributed by atoms with Crippen molar-refractivity contribution in [2.45, 2.75) is 32.9 Å². The number of thiazole rings is 1. The number of hydrogen-bond donors (Lipinski definition) is 1. The highest BCUT2D eigenvalue weighted by molar-refractivity contribution is 7.15. The molecule has 3 heterocycles. The van der Waals surface area contributed by atoms with Gasteiger partial charge >= 0.3 is 0 Å². The Hall–Kier alpha value is -0.910. The van der Waals surface area contributed by atoms with E-state index in [1.165, 1.54) is 15.6 Å². The van der Waals surface area contributed by atoms with Gasteiger partial charge in [0.05, 0.1) is 11.7 Å². The molecule has 1 aliphatic rings. The third-order valence-electron chi connectivity index (χ3n) is 3.74. The van der Waals surface area contributed by atoms with Crippen molar-refractivity contribution in [3.8, 4) is 0 Å². The molecule has 1 unspecified atom stereocenters. The third kappa shape index (κ3) is 2.30. The number of nitrogens with one attached hydrogen (secondary N) is 1. The van der Waals surface area contributed by atoms with E-state index in [-0.39, 0.29) is 0 Å². The fourth-order valence-electron chi connectivity index (χ4n) is 2.63. The Morgan fingerprint density at radius 1 is 1.53 bits per heavy atom. The fraction of sp³-hybridized carbons (Fsp3) is 0.500. The topological polar surface area (TPSA) is 28.2 Å². The third-order valence-corrected chi connectivity index (χ3v) is 5.93. The Kier molecular flexibility index (Phi) is 3.60. The van der Waals surface area contributed by atoms with Crippen molar-refractivity contribution >= 4 is 27.8 Å². The molecule has 0 aromatic carbocycles. The Balaban J connectivity index is 1.89. The zero-order valence-electron chi connectivity index (χ0n) is 11.6. The van der Waals surface area contributed by atoms with Crippen LogP contribution in [0.15, 0.2) is 11.4 Å². The molecule has 3 rings (SSSR count). The average molecular weight is 293 g/mol. The number of thiophene rings is 1. The first kappa shape index (κ1) is 13.1. The Morgan fingerprint density at radius 2 is 2.37 bits per heavy atom. The molecule has 5 heteroatoms. The van der Waals surface area contributed by atoms with Crippen LogP contribution in [0.3, 0.4) is 0 Å². The van der Waals surface area contributed by atoms with Crippen LogP contribution >= 0.6 is 22.7 Å². The summed E-state index contributed by atoms with van der Waals surface area (Å²) < 4.78 is 0. The van der Waals surface area contributed by atoms with Crippen LogP contribution in [0.4, 0.5) is 5.13 Å². The second-order valence-electron chi connectivity index (χ2n) is 4.95. The first-order valence-electron chi connectivity index (χ1n) is 6.64. The minimum absolute atomic E-state index is 0.447. The second-order valence-corrected chi connectivity index (χ2v) is 7.02. The van der Waals surface area contributed by atoms with Crippen molar-refractivity contribution in [1.29, 1.82) is 0 Å². The summed E-state index contributed by atoms with van der Waals surface area (Å²) in [4.78, 5) is 10.1. The summed E-state index contributed by atoms with van der Waals surface area (Å²) in [5.41, 5.74) is 2.65. The fourth-order valence-corrected chi connectivity index (χ4v) is 4.77. The first-order valence-corrected chi connectivity index (χ1v) is 8.34. The van der Waals surface area contributed by atoms with E-state index in [4.69, 9.17) is 4.98 Å². The molecule has 0 amide bonds. The molecule has 2 aromatic heterocycles. The van der Waals surface area contributed by atoms with E-state index in [0.29, 0.717) is 6.04 Å². The van der Waals surface area contributed by atoms with Gasteiger partial charge in [-0.15, -0.1) is 22.7 Å². The Morgan fingerprint density at radius 3 is 3.16 bits per heavy atom. The van der Waals surface area contributed by atoms with Crippen LogP contribution in [0.2, 0.25) is 0 Å². The number of anilines is 1. The van der Waals surface area contributed by atoms with Crippen LogP contribution < -0.4 is 10.2 Å². The van der Waals surface area contributed by atoms with Gasteiger partial charge in [0.2, 0.25) is 0 Å². The van der Waals surface area contributed by atoms with Crippen molar-refractivity contribution in [3.63, 3.8) is 0 Å². The minimum atomic E-state index is 0.447. The summed E-state index contributed by atoms with van der Waals surface area (Å²) >= 11 is 3.72. The molecule has 0 aliphatic carbocycles. The minimum Gasteiger partial charge on any atom is -0.341 e. The summed E-state index contributed by atoms with van der Waals surface area (Å²) in [6.07, 6.45) is 1.15. The van der Waals surface area contributed by atoms with Gasteiger partial charge in [0.15, 0.2) is 5.13 Å². The molecule has 0 saturated heterocycles. The molecule has 2 aromatic rings. The number of hydrogen-bond acceptors (Lipinski definition) is 5. The van der Waals surface area contributed by atoms with Crippen molar-refractivity contribution in [1.82, 2.24) is 10.3 Å². The highest BCUT2D eigenvalue weighted by Gasteiger charge is 2.27. The lowest BCUT2D eigenvalue weighted by Gasteiger charge is -2.33. The van der Waals surface area contributed by atoms with Crippen LogP contribution in [-0.4, -0.2) is 18.6 Å². The molecule has 0 radical (unpaired) electrons. The summed E-state index contributed by atoms with van der Waals surface area (Å²) in [7, 11) is 1.99. The lowest BCUT2D eigenvalue weighted by atomic mass is 10.0. The normalized spacial score (nSPS) is 18.7.